The first-order chi connectivity index (χ1) is 9.67. The molecule has 6 heteroatoms. The Morgan fingerprint density at radius 3 is 2.35 bits per heavy atom. The molecule has 5 nitrogen and oxygen atoms in total. The summed E-state index contributed by atoms with van der Waals surface area (Å²) in [5.74, 6) is 0.704. The van der Waals surface area contributed by atoms with Crippen molar-refractivity contribution in [2.24, 2.45) is 0 Å². The van der Waals surface area contributed by atoms with Crippen LogP contribution in [0.25, 0.3) is 0 Å². The van der Waals surface area contributed by atoms with E-state index in [1.165, 1.54) is 14.2 Å². The number of carbonyl (C=O) groups is 1. The number of anilines is 1. The van der Waals surface area contributed by atoms with E-state index in [-0.39, 0.29) is 5.82 Å². The largest absolute Gasteiger partial charge is 0.496 e. The minimum absolute atomic E-state index is 0.284. The molecule has 2 rings (SSSR count). The Morgan fingerprint density at radius 1 is 1.15 bits per heavy atom. The Morgan fingerprint density at radius 2 is 1.80 bits per heavy atom. The van der Waals surface area contributed by atoms with Crippen molar-refractivity contribution in [2.75, 3.05) is 19.5 Å². The third-order valence-electron chi connectivity index (χ3n) is 2.65. The normalized spacial score (nSPS) is 9.95. The van der Waals surface area contributed by atoms with Gasteiger partial charge in [-0.1, -0.05) is 17.7 Å². The molecule has 2 aromatic rings. The molecule has 0 saturated heterocycles. The molecule has 0 aliphatic heterocycles. The second-order valence-electron chi connectivity index (χ2n) is 3.83. The zero-order chi connectivity index (χ0) is 14.5. The van der Waals surface area contributed by atoms with Gasteiger partial charge in [-0.15, -0.1) is 0 Å². The first-order valence-electron chi connectivity index (χ1n) is 5.80. The first kappa shape index (κ1) is 14.1. The fourth-order valence-corrected chi connectivity index (χ4v) is 1.89. The Bertz CT molecular complexity index is 609. The van der Waals surface area contributed by atoms with E-state index in [9.17, 15) is 4.79 Å². The van der Waals surface area contributed by atoms with Crippen LogP contribution in [0.4, 0.5) is 5.82 Å². The quantitative estimate of drug-likeness (QED) is 0.941. The Hall–Kier alpha value is -2.27. The average molecular weight is 293 g/mol. The van der Waals surface area contributed by atoms with Gasteiger partial charge in [-0.05, 0) is 24.3 Å². The van der Waals surface area contributed by atoms with Crippen molar-refractivity contribution in [3.05, 3.63) is 47.1 Å². The SMILES string of the molecule is COc1cccc(OC)c1C(=O)Nc1ncccc1Cl. The first-order valence-corrected chi connectivity index (χ1v) is 6.18. The number of rotatable bonds is 4. The molecule has 0 fully saturated rings. The Balaban J connectivity index is 2.36. The summed E-state index contributed by atoms with van der Waals surface area (Å²) in [7, 11) is 2.97. The van der Waals surface area contributed by atoms with Gasteiger partial charge in [0.25, 0.3) is 5.91 Å². The summed E-state index contributed by atoms with van der Waals surface area (Å²) in [6.07, 6.45) is 1.54. The van der Waals surface area contributed by atoms with E-state index < -0.39 is 5.91 Å². The van der Waals surface area contributed by atoms with Crippen molar-refractivity contribution in [2.45, 2.75) is 0 Å². The molecule has 1 N–H and O–H groups in total. The van der Waals surface area contributed by atoms with Crippen LogP contribution >= 0.6 is 11.6 Å². The van der Waals surface area contributed by atoms with Crippen molar-refractivity contribution >= 4 is 23.3 Å². The van der Waals surface area contributed by atoms with Crippen molar-refractivity contribution in [3.63, 3.8) is 0 Å². The van der Waals surface area contributed by atoms with E-state index in [1.54, 1.807) is 36.5 Å². The molecule has 1 aromatic carbocycles. The predicted molar refractivity (Wildman–Crippen MR) is 76.7 cm³/mol. The summed E-state index contributed by atoms with van der Waals surface area (Å²) in [6.45, 7) is 0. The Kier molecular flexibility index (Phi) is 4.42. The van der Waals surface area contributed by atoms with Crippen LogP contribution in [0, 0.1) is 0 Å². The van der Waals surface area contributed by atoms with E-state index in [2.05, 4.69) is 10.3 Å². The summed E-state index contributed by atoms with van der Waals surface area (Å²) in [4.78, 5) is 16.4. The van der Waals surface area contributed by atoms with E-state index >= 15 is 0 Å². The van der Waals surface area contributed by atoms with Gasteiger partial charge in [0.05, 0.1) is 19.2 Å². The molecule has 0 bridgehead atoms. The Labute approximate surface area is 121 Å². The summed E-state index contributed by atoms with van der Waals surface area (Å²) < 4.78 is 10.4. The van der Waals surface area contributed by atoms with Crippen molar-refractivity contribution in [1.82, 2.24) is 4.98 Å². The monoisotopic (exact) mass is 292 g/mol. The molecule has 0 radical (unpaired) electrons. The van der Waals surface area contributed by atoms with Crippen LogP contribution in [-0.2, 0) is 0 Å². The number of halogens is 1. The summed E-state index contributed by atoms with van der Waals surface area (Å²) in [5, 5.41) is 2.99. The molecule has 0 atom stereocenters. The van der Waals surface area contributed by atoms with Gasteiger partial charge in [0.2, 0.25) is 0 Å². The van der Waals surface area contributed by atoms with Crippen molar-refractivity contribution < 1.29 is 14.3 Å². The maximum Gasteiger partial charge on any atom is 0.264 e. The molecule has 0 aliphatic rings. The van der Waals surface area contributed by atoms with Gasteiger partial charge in [-0.25, -0.2) is 4.98 Å². The predicted octanol–water partition coefficient (Wildman–Crippen LogP) is 3.00. The number of nitrogens with one attached hydrogen (secondary N) is 1. The number of benzene rings is 1. The highest BCUT2D eigenvalue weighted by Crippen LogP contribution is 2.29. The van der Waals surface area contributed by atoms with Gasteiger partial charge >= 0.3 is 0 Å². The molecule has 1 amide bonds. The lowest BCUT2D eigenvalue weighted by molar-refractivity contribution is 0.102. The average Bonchev–Trinajstić information content (AvgIpc) is 2.48. The van der Waals surface area contributed by atoms with Crippen molar-refractivity contribution in [3.8, 4) is 11.5 Å². The number of methoxy groups -OCH3 is 2. The van der Waals surface area contributed by atoms with Crippen LogP contribution in [0.2, 0.25) is 5.02 Å². The highest BCUT2D eigenvalue weighted by molar-refractivity contribution is 6.33. The zero-order valence-electron chi connectivity index (χ0n) is 11.0. The number of ether oxygens (including phenoxy) is 2. The lowest BCUT2D eigenvalue weighted by atomic mass is 10.1. The van der Waals surface area contributed by atoms with Crippen LogP contribution < -0.4 is 14.8 Å². The van der Waals surface area contributed by atoms with E-state index in [4.69, 9.17) is 21.1 Å². The lowest BCUT2D eigenvalue weighted by Gasteiger charge is -2.13. The van der Waals surface area contributed by atoms with Gasteiger partial charge in [0.1, 0.15) is 17.1 Å². The third kappa shape index (κ3) is 2.83. The standard InChI is InChI=1S/C14H13ClN2O3/c1-19-10-6-3-7-11(20-2)12(10)14(18)17-13-9(15)5-4-8-16-13/h3-8H,1-2H3,(H,16,17,18). The summed E-state index contributed by atoms with van der Waals surface area (Å²) in [6, 6.07) is 8.42. The molecule has 0 aliphatic carbocycles. The second-order valence-corrected chi connectivity index (χ2v) is 4.23. The molecule has 104 valence electrons. The van der Waals surface area contributed by atoms with Crippen LogP contribution in [-0.4, -0.2) is 25.1 Å². The zero-order valence-corrected chi connectivity index (χ0v) is 11.8. The fourth-order valence-electron chi connectivity index (χ4n) is 1.72. The van der Waals surface area contributed by atoms with Crippen molar-refractivity contribution in [1.29, 1.82) is 0 Å². The number of amides is 1. The van der Waals surface area contributed by atoms with E-state index in [0.717, 1.165) is 0 Å². The topological polar surface area (TPSA) is 60.5 Å². The minimum Gasteiger partial charge on any atom is -0.496 e. The molecule has 0 spiro atoms. The van der Waals surface area contributed by atoms with Crippen LogP contribution in [0.3, 0.4) is 0 Å². The van der Waals surface area contributed by atoms with Gasteiger partial charge in [-0.2, -0.15) is 0 Å². The van der Waals surface area contributed by atoms with E-state index in [0.29, 0.717) is 22.1 Å². The minimum atomic E-state index is -0.403. The van der Waals surface area contributed by atoms with E-state index in [1.807, 2.05) is 0 Å². The maximum absolute atomic E-state index is 12.4. The number of carbonyl (C=O) groups excluding carboxylic acids is 1. The number of nitrogens with zero attached hydrogens (tertiary/aromatic N) is 1. The number of aromatic nitrogens is 1. The summed E-state index contributed by atoms with van der Waals surface area (Å²) >= 11 is 5.96. The molecule has 0 saturated carbocycles. The second kappa shape index (κ2) is 6.25. The fraction of sp³-hybridized carbons (Fsp3) is 0.143. The van der Waals surface area contributed by atoms with Crippen LogP contribution in [0.1, 0.15) is 10.4 Å². The van der Waals surface area contributed by atoms with Crippen LogP contribution in [0.5, 0.6) is 11.5 Å². The van der Waals surface area contributed by atoms with Gasteiger partial charge < -0.3 is 14.8 Å². The van der Waals surface area contributed by atoms with Gasteiger partial charge in [-0.3, -0.25) is 4.79 Å². The molecular weight excluding hydrogens is 280 g/mol. The number of hydrogen-bond acceptors (Lipinski definition) is 4. The number of hydrogen-bond donors (Lipinski definition) is 1. The highest BCUT2D eigenvalue weighted by atomic mass is 35.5. The molecule has 0 unspecified atom stereocenters. The summed E-state index contributed by atoms with van der Waals surface area (Å²) in [5.41, 5.74) is 0.291. The molecule has 20 heavy (non-hydrogen) atoms. The van der Waals surface area contributed by atoms with Crippen LogP contribution in [0.15, 0.2) is 36.5 Å². The lowest BCUT2D eigenvalue weighted by Crippen LogP contribution is -2.15. The molecular formula is C14H13ClN2O3. The maximum atomic E-state index is 12.4. The van der Waals surface area contributed by atoms with Gasteiger partial charge in [0.15, 0.2) is 5.82 Å². The molecule has 1 heterocycles. The smallest absolute Gasteiger partial charge is 0.264 e. The third-order valence-corrected chi connectivity index (χ3v) is 2.95. The highest BCUT2D eigenvalue weighted by Gasteiger charge is 2.19. The molecule has 1 aromatic heterocycles. The van der Waals surface area contributed by atoms with Gasteiger partial charge in [0, 0.05) is 6.20 Å². The number of pyridine rings is 1.